The van der Waals surface area contributed by atoms with Crippen LogP contribution in [0, 0.1) is 0 Å². The first-order valence-electron chi connectivity index (χ1n) is 9.58. The van der Waals surface area contributed by atoms with Crippen LogP contribution in [0.4, 0.5) is 4.79 Å². The molecule has 3 N–H and O–H groups in total. The smallest absolute Gasteiger partial charge is 0.408 e. The van der Waals surface area contributed by atoms with Gasteiger partial charge in [0.05, 0.1) is 13.2 Å². The number of aliphatic hydroxyl groups is 1. The lowest BCUT2D eigenvalue weighted by Gasteiger charge is -2.24. The molecule has 166 valence electrons. The highest BCUT2D eigenvalue weighted by Crippen LogP contribution is 2.14. The average Bonchev–Trinajstić information content (AvgIpc) is 2.75. The number of benzene rings is 2. The van der Waals surface area contributed by atoms with Gasteiger partial charge in [-0.25, -0.2) is 9.59 Å². The van der Waals surface area contributed by atoms with E-state index in [-0.39, 0.29) is 13.0 Å². The number of carbonyl (C=O) groups is 3. The van der Waals surface area contributed by atoms with Crippen LogP contribution in [0.1, 0.15) is 18.1 Å². The van der Waals surface area contributed by atoms with Gasteiger partial charge in [0.2, 0.25) is 5.91 Å². The molecule has 2 rings (SSSR count). The second kappa shape index (κ2) is 12.1. The Bertz CT molecular complexity index is 891. The summed E-state index contributed by atoms with van der Waals surface area (Å²) in [5.41, 5.74) is 1.56. The van der Waals surface area contributed by atoms with Crippen molar-refractivity contribution >= 4 is 33.9 Å². The van der Waals surface area contributed by atoms with E-state index in [0.29, 0.717) is 0 Å². The Balaban J connectivity index is 2.02. The molecule has 31 heavy (non-hydrogen) atoms. The lowest BCUT2D eigenvalue weighted by atomic mass is 10.0. The number of hydrogen-bond acceptors (Lipinski definition) is 6. The van der Waals surface area contributed by atoms with E-state index in [1.807, 2.05) is 18.2 Å². The molecule has 0 unspecified atom stereocenters. The van der Waals surface area contributed by atoms with Crippen LogP contribution in [0.25, 0.3) is 0 Å². The van der Waals surface area contributed by atoms with Gasteiger partial charge in [0, 0.05) is 10.9 Å². The molecule has 0 radical (unpaired) electrons. The molecule has 0 aliphatic heterocycles. The third-order valence-electron chi connectivity index (χ3n) is 4.38. The van der Waals surface area contributed by atoms with Gasteiger partial charge in [-0.1, -0.05) is 58.4 Å². The summed E-state index contributed by atoms with van der Waals surface area (Å²) < 4.78 is 10.7. The number of hydrogen-bond donors (Lipinski definition) is 3. The van der Waals surface area contributed by atoms with Crippen LogP contribution in [0.15, 0.2) is 59.1 Å². The Morgan fingerprint density at radius 3 is 2.32 bits per heavy atom. The Morgan fingerprint density at radius 2 is 1.71 bits per heavy atom. The van der Waals surface area contributed by atoms with Gasteiger partial charge in [-0.2, -0.15) is 0 Å². The van der Waals surface area contributed by atoms with E-state index in [1.54, 1.807) is 36.4 Å². The van der Waals surface area contributed by atoms with Crippen molar-refractivity contribution in [3.63, 3.8) is 0 Å². The highest BCUT2D eigenvalue weighted by Gasteiger charge is 2.30. The number of ether oxygens (including phenoxy) is 2. The molecule has 0 saturated heterocycles. The third kappa shape index (κ3) is 8.03. The van der Waals surface area contributed by atoms with Crippen LogP contribution >= 0.6 is 15.9 Å². The molecule has 0 aromatic heterocycles. The molecule has 0 spiro atoms. The van der Waals surface area contributed by atoms with Crippen LogP contribution in [0.2, 0.25) is 0 Å². The summed E-state index contributed by atoms with van der Waals surface area (Å²) in [4.78, 5) is 37.0. The quantitative estimate of drug-likeness (QED) is 0.462. The maximum Gasteiger partial charge on any atom is 0.408 e. The largest absolute Gasteiger partial charge is 0.467 e. The standard InChI is InChI=1S/C22H25BrN2O6/c1-14(26)19(25-22(29)31-13-15-7-4-3-5-8-15)20(27)24-18(21(28)30-2)12-16-9-6-10-17(23)11-16/h3-11,14,18-19,26H,12-13H2,1-2H3,(H,24,27)(H,25,29)/t14-,18-,19+/m1/s1. The molecule has 0 fully saturated rings. The van der Waals surface area contributed by atoms with E-state index in [1.165, 1.54) is 14.0 Å². The predicted molar refractivity (Wildman–Crippen MR) is 117 cm³/mol. The monoisotopic (exact) mass is 492 g/mol. The van der Waals surface area contributed by atoms with Gasteiger partial charge >= 0.3 is 12.1 Å². The molecule has 9 heteroatoms. The number of amides is 2. The zero-order valence-corrected chi connectivity index (χ0v) is 18.8. The Hall–Kier alpha value is -2.91. The summed E-state index contributed by atoms with van der Waals surface area (Å²) in [6, 6.07) is 14.0. The molecule has 0 saturated carbocycles. The molecular formula is C22H25BrN2O6. The molecule has 8 nitrogen and oxygen atoms in total. The van der Waals surface area contributed by atoms with E-state index >= 15 is 0 Å². The summed E-state index contributed by atoms with van der Waals surface area (Å²) in [7, 11) is 1.22. The summed E-state index contributed by atoms with van der Waals surface area (Å²) in [6.45, 7) is 1.36. The predicted octanol–water partition coefficient (Wildman–Crippen LogP) is 2.33. The van der Waals surface area contributed by atoms with Gasteiger partial charge in [0.15, 0.2) is 0 Å². The van der Waals surface area contributed by atoms with Crippen molar-refractivity contribution in [3.05, 3.63) is 70.2 Å². The molecule has 0 bridgehead atoms. The minimum absolute atomic E-state index is 0.00843. The molecule has 0 aliphatic rings. The maximum atomic E-state index is 12.7. The van der Waals surface area contributed by atoms with Gasteiger partial charge in [0.25, 0.3) is 0 Å². The van der Waals surface area contributed by atoms with Gasteiger partial charge in [0.1, 0.15) is 18.7 Å². The first kappa shape index (κ1) is 24.4. The van der Waals surface area contributed by atoms with Crippen molar-refractivity contribution in [2.24, 2.45) is 0 Å². The fourth-order valence-electron chi connectivity index (χ4n) is 2.79. The van der Waals surface area contributed by atoms with Gasteiger partial charge in [-0.15, -0.1) is 0 Å². The topological polar surface area (TPSA) is 114 Å². The fourth-order valence-corrected chi connectivity index (χ4v) is 3.24. The number of methoxy groups -OCH3 is 1. The molecule has 0 aliphatic carbocycles. The van der Waals surface area contributed by atoms with Crippen LogP contribution in [0.3, 0.4) is 0 Å². The number of alkyl carbamates (subject to hydrolysis) is 1. The van der Waals surface area contributed by atoms with Crippen molar-refractivity contribution in [1.82, 2.24) is 10.6 Å². The lowest BCUT2D eigenvalue weighted by Crippen LogP contribution is -2.56. The van der Waals surface area contributed by atoms with Crippen molar-refractivity contribution < 1.29 is 29.0 Å². The van der Waals surface area contributed by atoms with E-state index in [9.17, 15) is 19.5 Å². The first-order chi connectivity index (χ1) is 14.8. The minimum Gasteiger partial charge on any atom is -0.467 e. The first-order valence-corrected chi connectivity index (χ1v) is 10.4. The van der Waals surface area contributed by atoms with Crippen LogP contribution < -0.4 is 10.6 Å². The van der Waals surface area contributed by atoms with Crippen molar-refractivity contribution in [2.75, 3.05) is 7.11 Å². The molecular weight excluding hydrogens is 468 g/mol. The second-order valence-electron chi connectivity index (χ2n) is 6.84. The summed E-state index contributed by atoms with van der Waals surface area (Å²) in [5, 5.41) is 14.9. The van der Waals surface area contributed by atoms with Gasteiger partial charge in [-0.3, -0.25) is 4.79 Å². The van der Waals surface area contributed by atoms with Crippen LogP contribution in [-0.2, 0) is 32.1 Å². The SMILES string of the molecule is COC(=O)[C@@H](Cc1cccc(Br)c1)NC(=O)[C@@H](NC(=O)OCc1ccccc1)[C@@H](C)O. The number of carbonyl (C=O) groups excluding carboxylic acids is 3. The fraction of sp³-hybridized carbons (Fsp3) is 0.318. The van der Waals surface area contributed by atoms with Gasteiger partial charge < -0.3 is 25.2 Å². The van der Waals surface area contributed by atoms with Crippen molar-refractivity contribution in [1.29, 1.82) is 0 Å². The van der Waals surface area contributed by atoms with E-state index in [4.69, 9.17) is 9.47 Å². The second-order valence-corrected chi connectivity index (χ2v) is 7.76. The van der Waals surface area contributed by atoms with E-state index < -0.39 is 36.2 Å². The normalized spacial score (nSPS) is 13.4. The highest BCUT2D eigenvalue weighted by molar-refractivity contribution is 9.10. The molecule has 3 atom stereocenters. The maximum absolute atomic E-state index is 12.7. The molecule has 0 heterocycles. The van der Waals surface area contributed by atoms with Crippen LogP contribution in [0.5, 0.6) is 0 Å². The molecule has 2 aromatic carbocycles. The Labute approximate surface area is 189 Å². The zero-order chi connectivity index (χ0) is 22.8. The summed E-state index contributed by atoms with van der Waals surface area (Å²) in [5.74, 6) is -1.39. The third-order valence-corrected chi connectivity index (χ3v) is 4.88. The number of aliphatic hydroxyl groups excluding tert-OH is 1. The zero-order valence-electron chi connectivity index (χ0n) is 17.2. The number of rotatable bonds is 9. The highest BCUT2D eigenvalue weighted by atomic mass is 79.9. The lowest BCUT2D eigenvalue weighted by molar-refractivity contribution is -0.145. The van der Waals surface area contributed by atoms with Crippen LogP contribution in [-0.4, -0.2) is 48.4 Å². The number of esters is 1. The van der Waals surface area contributed by atoms with E-state index in [2.05, 4.69) is 26.6 Å². The Kier molecular flexibility index (Phi) is 9.48. The number of halogens is 1. The Morgan fingerprint density at radius 1 is 1.03 bits per heavy atom. The minimum atomic E-state index is -1.32. The van der Waals surface area contributed by atoms with Gasteiger partial charge in [-0.05, 0) is 30.2 Å². The number of nitrogens with one attached hydrogen (secondary N) is 2. The summed E-state index contributed by atoms with van der Waals surface area (Å²) in [6.07, 6.45) is -1.93. The summed E-state index contributed by atoms with van der Waals surface area (Å²) >= 11 is 3.36. The van der Waals surface area contributed by atoms with E-state index in [0.717, 1.165) is 15.6 Å². The van der Waals surface area contributed by atoms with Crippen molar-refractivity contribution in [3.8, 4) is 0 Å². The average molecular weight is 493 g/mol. The van der Waals surface area contributed by atoms with Crippen molar-refractivity contribution in [2.45, 2.75) is 38.1 Å². The molecule has 2 aromatic rings. The molecule has 2 amide bonds.